The van der Waals surface area contributed by atoms with Crippen molar-refractivity contribution in [1.29, 1.82) is 0 Å². The van der Waals surface area contributed by atoms with Crippen molar-refractivity contribution in [3.63, 3.8) is 0 Å². The van der Waals surface area contributed by atoms with E-state index in [1.807, 2.05) is 18.2 Å². The molecule has 5 heterocycles. The van der Waals surface area contributed by atoms with E-state index in [0.29, 0.717) is 36.8 Å². The molecule has 4 aromatic rings. The van der Waals surface area contributed by atoms with E-state index in [-0.39, 0.29) is 36.1 Å². The largest absolute Gasteiger partial charge is 0.504 e. The third-order valence-electron chi connectivity index (χ3n) is 13.2. The second-order valence-corrected chi connectivity index (χ2v) is 16.5. The lowest BCUT2D eigenvalue weighted by molar-refractivity contribution is -0.0873. The van der Waals surface area contributed by atoms with Crippen molar-refractivity contribution >= 4 is 16.6 Å². The van der Waals surface area contributed by atoms with Crippen LogP contribution in [0.4, 0.5) is 0 Å². The summed E-state index contributed by atoms with van der Waals surface area (Å²) in [7, 11) is 0. The summed E-state index contributed by atoms with van der Waals surface area (Å²) >= 11 is 0. The molecule has 2 saturated heterocycles. The first-order valence-corrected chi connectivity index (χ1v) is 20.4. The zero-order chi connectivity index (χ0) is 36.8. The van der Waals surface area contributed by atoms with Crippen molar-refractivity contribution in [3.05, 3.63) is 113 Å². The molecule has 284 valence electrons. The van der Waals surface area contributed by atoms with Crippen LogP contribution in [0.25, 0.3) is 16.6 Å². The standard InChI is InChI=1S/C46H55N3O5/c1-2-3-6-31-12-17-41-37-15-18-44(47)48-45(37)49-25-32-22-35(46-19-20-52-28-34(46)13-11-30-7-4-5-8-39(30)46)23-33(38(32)26-49)27-53-43-21-29(10-16-40(43)51)9-14-36(50)24-42(31)54-41/h4-5,7-8,10,15-16,18,21-23,25-26,31,34,36,41-42,44,48,50-51H,2-3,6,9,11-14,17,19-20,24,27-28,47H2,1H3. The summed E-state index contributed by atoms with van der Waals surface area (Å²) in [6, 6.07) is 19.4. The Hall–Kier alpha value is -4.08. The summed E-state index contributed by atoms with van der Waals surface area (Å²) in [5.74, 6) is 2.29. The van der Waals surface area contributed by atoms with Gasteiger partial charge >= 0.3 is 0 Å². The van der Waals surface area contributed by atoms with E-state index in [4.69, 9.17) is 19.9 Å². The number of phenols is 1. The Kier molecular flexibility index (Phi) is 9.81. The highest BCUT2D eigenvalue weighted by Crippen LogP contribution is 2.52. The van der Waals surface area contributed by atoms with E-state index in [9.17, 15) is 10.2 Å². The van der Waals surface area contributed by atoms with E-state index < -0.39 is 6.10 Å². The Bertz CT molecular complexity index is 2070. The molecule has 0 spiro atoms. The predicted molar refractivity (Wildman–Crippen MR) is 212 cm³/mol. The van der Waals surface area contributed by atoms with Crippen LogP contribution in [0.2, 0.25) is 0 Å². The first-order chi connectivity index (χ1) is 26.4. The number of aromatic hydroxyl groups is 1. The molecule has 8 heteroatoms. The van der Waals surface area contributed by atoms with E-state index >= 15 is 0 Å². The maximum atomic E-state index is 11.4. The second kappa shape index (κ2) is 14.9. The number of fused-ring (bicyclic) bond motifs is 10. The van der Waals surface area contributed by atoms with Gasteiger partial charge in [0, 0.05) is 40.8 Å². The number of hydrogen-bond donors (Lipinski definition) is 4. The fraction of sp³-hybridized carbons (Fsp3) is 0.478. The zero-order valence-corrected chi connectivity index (χ0v) is 31.5. The number of nitrogens with one attached hydrogen (secondary N) is 1. The van der Waals surface area contributed by atoms with E-state index in [1.54, 1.807) is 6.07 Å². The average Bonchev–Trinajstić information content (AvgIpc) is 3.63. The number of dihydropyridines is 1. The quantitative estimate of drug-likeness (QED) is 0.169. The van der Waals surface area contributed by atoms with Crippen molar-refractivity contribution in [3.8, 4) is 11.5 Å². The predicted octanol–water partition coefficient (Wildman–Crippen LogP) is 7.86. The smallest absolute Gasteiger partial charge is 0.161 e. The number of phenolic OH excluding ortho intramolecular Hbond substituents is 1. The van der Waals surface area contributed by atoms with Crippen molar-refractivity contribution in [2.75, 3.05) is 13.2 Å². The summed E-state index contributed by atoms with van der Waals surface area (Å²) in [6.45, 7) is 4.00. The van der Waals surface area contributed by atoms with Gasteiger partial charge in [-0.2, -0.15) is 0 Å². The molecule has 6 bridgehead atoms. The van der Waals surface area contributed by atoms with Gasteiger partial charge in [0.1, 0.15) is 12.4 Å². The number of aliphatic hydroxyl groups excluding tert-OH is 1. The first-order valence-electron chi connectivity index (χ1n) is 20.4. The highest BCUT2D eigenvalue weighted by molar-refractivity contribution is 5.88. The molecule has 3 aromatic carbocycles. The maximum Gasteiger partial charge on any atom is 0.161 e. The van der Waals surface area contributed by atoms with Gasteiger partial charge in [0.2, 0.25) is 0 Å². The molecule has 1 aromatic heterocycles. The van der Waals surface area contributed by atoms with Gasteiger partial charge in [0.15, 0.2) is 11.5 Å². The molecule has 7 unspecified atom stereocenters. The highest BCUT2D eigenvalue weighted by Gasteiger charge is 2.47. The number of nitrogens with two attached hydrogens (primary N) is 1. The number of rotatable bonds is 4. The van der Waals surface area contributed by atoms with Crippen molar-refractivity contribution in [2.45, 2.75) is 114 Å². The normalized spacial score (nSPS) is 29.7. The molecular weight excluding hydrogens is 675 g/mol. The number of aryl methyl sites for hydroxylation is 2. The average molecular weight is 730 g/mol. The number of nitrogens with zero attached hydrogens (tertiary/aromatic N) is 1. The van der Waals surface area contributed by atoms with Gasteiger partial charge in [-0.15, -0.1) is 0 Å². The van der Waals surface area contributed by atoms with Gasteiger partial charge in [-0.1, -0.05) is 62.2 Å². The third kappa shape index (κ3) is 6.55. The molecule has 8 nitrogen and oxygen atoms in total. The van der Waals surface area contributed by atoms with E-state index in [2.05, 4.69) is 71.7 Å². The minimum atomic E-state index is -0.502. The lowest BCUT2D eigenvalue weighted by Gasteiger charge is -2.49. The monoisotopic (exact) mass is 729 g/mol. The van der Waals surface area contributed by atoms with E-state index in [1.165, 1.54) is 16.7 Å². The van der Waals surface area contributed by atoms with Gasteiger partial charge in [0.25, 0.3) is 0 Å². The van der Waals surface area contributed by atoms with Crippen molar-refractivity contribution < 1.29 is 24.4 Å². The summed E-state index contributed by atoms with van der Waals surface area (Å²) in [4.78, 5) is 0. The fourth-order valence-corrected chi connectivity index (χ4v) is 10.3. The summed E-state index contributed by atoms with van der Waals surface area (Å²) in [5, 5.41) is 28.2. The lowest BCUT2D eigenvalue weighted by atomic mass is 9.57. The molecule has 1 aliphatic carbocycles. The first kappa shape index (κ1) is 35.6. The summed E-state index contributed by atoms with van der Waals surface area (Å²) in [5.41, 5.74) is 13.7. The minimum Gasteiger partial charge on any atom is -0.504 e. The molecular formula is C46H55N3O5. The number of aromatic nitrogens is 1. The van der Waals surface area contributed by atoms with Crippen molar-refractivity contribution in [2.24, 2.45) is 17.6 Å². The van der Waals surface area contributed by atoms with Gasteiger partial charge in [-0.3, -0.25) is 0 Å². The van der Waals surface area contributed by atoms with Crippen molar-refractivity contribution in [1.82, 2.24) is 9.88 Å². The Morgan fingerprint density at radius 2 is 1.91 bits per heavy atom. The van der Waals surface area contributed by atoms with E-state index in [0.717, 1.165) is 97.9 Å². The van der Waals surface area contributed by atoms with Gasteiger partial charge in [-0.05, 0) is 122 Å². The zero-order valence-electron chi connectivity index (χ0n) is 31.5. The Labute approximate surface area is 319 Å². The van der Waals surface area contributed by atoms with Crippen LogP contribution in [-0.2, 0) is 34.3 Å². The molecule has 7 atom stereocenters. The van der Waals surface area contributed by atoms with Gasteiger partial charge in [-0.25, -0.2) is 0 Å². The van der Waals surface area contributed by atoms with Crippen LogP contribution in [0.1, 0.15) is 92.5 Å². The summed E-state index contributed by atoms with van der Waals surface area (Å²) < 4.78 is 22.0. The van der Waals surface area contributed by atoms with Crippen LogP contribution >= 0.6 is 0 Å². The number of aliphatic hydroxyl groups is 1. The molecule has 9 rings (SSSR count). The summed E-state index contributed by atoms with van der Waals surface area (Å²) in [6.07, 6.45) is 18.0. The number of benzene rings is 3. The fourth-order valence-electron chi connectivity index (χ4n) is 10.3. The Balaban J connectivity index is 1.21. The number of hydrogen-bond acceptors (Lipinski definition) is 7. The van der Waals surface area contributed by atoms with Crippen LogP contribution in [0.5, 0.6) is 11.5 Å². The molecule has 5 aliphatic rings. The Morgan fingerprint density at radius 1 is 1.00 bits per heavy atom. The minimum absolute atomic E-state index is 0.0383. The SMILES string of the molecule is CCCCC1CCC2OC1CC(O)CCc1ccc(O)c(c1)OCc1cc(C34CCOCC3CCc3ccccc34)cc3cn(cc13)C1=C2C=CC(N)N1. The van der Waals surface area contributed by atoms with Gasteiger partial charge in [0.05, 0.1) is 31.1 Å². The Morgan fingerprint density at radius 3 is 2.81 bits per heavy atom. The molecule has 0 amide bonds. The van der Waals surface area contributed by atoms with Crippen LogP contribution in [-0.4, -0.2) is 52.5 Å². The van der Waals surface area contributed by atoms with Crippen LogP contribution in [0.15, 0.2) is 84.7 Å². The number of unbranched alkanes of at least 4 members (excludes halogenated alkanes) is 1. The molecule has 54 heavy (non-hydrogen) atoms. The molecule has 5 N–H and O–H groups in total. The molecule has 0 saturated carbocycles. The molecule has 0 radical (unpaired) electrons. The highest BCUT2D eigenvalue weighted by atomic mass is 16.5. The van der Waals surface area contributed by atoms with Crippen LogP contribution in [0, 0.1) is 11.8 Å². The maximum absolute atomic E-state index is 11.4. The second-order valence-electron chi connectivity index (χ2n) is 16.5. The lowest BCUT2D eigenvalue weighted by Crippen LogP contribution is -2.47. The third-order valence-corrected chi connectivity index (χ3v) is 13.2. The topological polar surface area (TPSA) is 111 Å². The molecule has 2 fully saturated rings. The van der Waals surface area contributed by atoms with Gasteiger partial charge < -0.3 is 40.0 Å². The van der Waals surface area contributed by atoms with Crippen LogP contribution in [0.3, 0.4) is 0 Å². The molecule has 4 aliphatic heterocycles. The number of ether oxygens (including phenoxy) is 3. The van der Waals surface area contributed by atoms with Crippen LogP contribution < -0.4 is 15.8 Å².